The molecule has 1 aliphatic carbocycles. The molecule has 1 rings (SSSR count). The molecule has 0 aromatic rings. The van der Waals surface area contributed by atoms with E-state index in [1.165, 1.54) is 12.2 Å². The highest BCUT2D eigenvalue weighted by atomic mass is 32.3. The van der Waals surface area contributed by atoms with Gasteiger partial charge in [0.25, 0.3) is 10.0 Å². The summed E-state index contributed by atoms with van der Waals surface area (Å²) in [6, 6.07) is -0.256. The molecule has 0 fully saturated rings. The van der Waals surface area contributed by atoms with Crippen LogP contribution in [0.2, 0.25) is 0 Å². The van der Waals surface area contributed by atoms with Crippen LogP contribution in [0.5, 0.6) is 0 Å². The molecule has 0 amide bonds. The Labute approximate surface area is 140 Å². The average Bonchev–Trinajstić information content (AvgIpc) is 2.44. The lowest BCUT2D eigenvalue weighted by Gasteiger charge is -2.19. The molecule has 0 aromatic heterocycles. The highest BCUT2D eigenvalue weighted by Gasteiger charge is 2.26. The molecule has 0 bridgehead atoms. The van der Waals surface area contributed by atoms with Crippen molar-refractivity contribution in [2.75, 3.05) is 5.75 Å². The summed E-state index contributed by atoms with van der Waals surface area (Å²) in [7, 11) is -7.92. The van der Waals surface area contributed by atoms with Gasteiger partial charge in [-0.05, 0) is 18.4 Å². The zero-order valence-electron chi connectivity index (χ0n) is 13.9. The van der Waals surface area contributed by atoms with E-state index >= 15 is 0 Å². The number of allylic oxidation sites excluding steroid dienone is 1. The first-order valence-corrected chi connectivity index (χ1v) is 11.2. The second kappa shape index (κ2) is 8.96. The van der Waals surface area contributed by atoms with E-state index in [0.717, 1.165) is 32.1 Å². The molecule has 0 aliphatic heterocycles. The molecule has 2 atom stereocenters. The maximum Gasteiger partial charge on any atom is 0.253 e. The molecular formula is C15H28N2O4S2. The minimum Gasteiger partial charge on any atom is -0.324 e. The smallest absolute Gasteiger partial charge is 0.253 e. The molecule has 1 unspecified atom stereocenters. The van der Waals surface area contributed by atoms with E-state index in [4.69, 9.17) is 5.73 Å². The normalized spacial score (nSPS) is 22.1. The molecule has 23 heavy (non-hydrogen) atoms. The highest BCUT2D eigenvalue weighted by Crippen LogP contribution is 2.19. The molecule has 3 N–H and O–H groups in total. The van der Waals surface area contributed by atoms with E-state index in [0.29, 0.717) is 6.42 Å². The van der Waals surface area contributed by atoms with Crippen LogP contribution in [0.3, 0.4) is 0 Å². The van der Waals surface area contributed by atoms with E-state index < -0.39 is 20.0 Å². The average molecular weight is 365 g/mol. The third-order valence-corrected chi connectivity index (χ3v) is 7.44. The summed E-state index contributed by atoms with van der Waals surface area (Å²) < 4.78 is 50.1. The van der Waals surface area contributed by atoms with Crippen molar-refractivity contribution in [2.24, 2.45) is 11.7 Å². The Kier molecular flexibility index (Phi) is 7.93. The predicted octanol–water partition coefficient (Wildman–Crippen LogP) is 2.01. The van der Waals surface area contributed by atoms with Crippen LogP contribution in [0.1, 0.15) is 52.4 Å². The number of nitrogens with one attached hydrogen (secondary N) is 1. The van der Waals surface area contributed by atoms with Crippen molar-refractivity contribution in [1.29, 1.82) is 0 Å². The molecule has 0 spiro atoms. The number of unbranched alkanes of at least 4 members (excludes halogenated alkanes) is 5. The van der Waals surface area contributed by atoms with Gasteiger partial charge in [0.15, 0.2) is 0 Å². The fourth-order valence-corrected chi connectivity index (χ4v) is 5.61. The summed E-state index contributed by atoms with van der Waals surface area (Å²) in [5, 5.41) is 0. The zero-order valence-corrected chi connectivity index (χ0v) is 15.5. The van der Waals surface area contributed by atoms with E-state index in [1.807, 2.05) is 4.13 Å². The van der Waals surface area contributed by atoms with Crippen molar-refractivity contribution in [1.82, 2.24) is 4.13 Å². The SMILES string of the molecule is CCCCCCCCS(=O)(=O)NS(=O)(=O)C1=CC(C)[C@H](N)C=C1. The molecule has 134 valence electrons. The first-order valence-electron chi connectivity index (χ1n) is 8.10. The standard InChI is InChI=1S/C15H28N2O4S2/c1-3-4-5-6-7-8-11-22(18,19)17-23(20,21)14-9-10-15(16)13(2)12-14/h9-10,12-13,15,17H,3-8,11,16H2,1-2H3/t13?,15-/m1/s1. The maximum absolute atomic E-state index is 12.2. The minimum absolute atomic E-state index is 0.0433. The Bertz CT molecular complexity index is 636. The van der Waals surface area contributed by atoms with Crippen LogP contribution in [-0.4, -0.2) is 28.6 Å². The summed E-state index contributed by atoms with van der Waals surface area (Å²) in [6.07, 6.45) is 9.97. The van der Waals surface area contributed by atoms with Gasteiger partial charge in [0.2, 0.25) is 10.0 Å². The lowest BCUT2D eigenvalue weighted by molar-refractivity contribution is 0.572. The summed E-state index contributed by atoms with van der Waals surface area (Å²) in [4.78, 5) is -0.0433. The van der Waals surface area contributed by atoms with Crippen molar-refractivity contribution in [3.05, 3.63) is 23.1 Å². The molecular weight excluding hydrogens is 336 g/mol. The topological polar surface area (TPSA) is 106 Å². The van der Waals surface area contributed by atoms with Gasteiger partial charge in [0, 0.05) is 6.04 Å². The molecule has 0 aromatic carbocycles. The van der Waals surface area contributed by atoms with E-state index in [2.05, 4.69) is 6.92 Å². The maximum atomic E-state index is 12.2. The second-order valence-electron chi connectivity index (χ2n) is 6.04. The lowest BCUT2D eigenvalue weighted by atomic mass is 9.98. The van der Waals surface area contributed by atoms with Gasteiger partial charge in [0.05, 0.1) is 10.7 Å². The van der Waals surface area contributed by atoms with Crippen LogP contribution in [0.4, 0.5) is 0 Å². The van der Waals surface area contributed by atoms with Crippen LogP contribution in [0.25, 0.3) is 0 Å². The first-order chi connectivity index (χ1) is 10.7. The van der Waals surface area contributed by atoms with Crippen LogP contribution < -0.4 is 9.86 Å². The lowest BCUT2D eigenvalue weighted by Crippen LogP contribution is -2.35. The summed E-state index contributed by atoms with van der Waals surface area (Å²) in [5.41, 5.74) is 5.76. The third kappa shape index (κ3) is 7.15. The quantitative estimate of drug-likeness (QED) is 0.577. The van der Waals surface area contributed by atoms with Crippen molar-refractivity contribution < 1.29 is 16.8 Å². The van der Waals surface area contributed by atoms with Crippen molar-refractivity contribution in [3.63, 3.8) is 0 Å². The Balaban J connectivity index is 2.56. The van der Waals surface area contributed by atoms with E-state index in [1.54, 1.807) is 13.0 Å². The van der Waals surface area contributed by atoms with Crippen LogP contribution in [-0.2, 0) is 20.0 Å². The molecule has 8 heteroatoms. The number of sulfonamides is 2. The van der Waals surface area contributed by atoms with E-state index in [9.17, 15) is 16.8 Å². The molecule has 0 radical (unpaired) electrons. The Morgan fingerprint density at radius 3 is 2.30 bits per heavy atom. The summed E-state index contributed by atoms with van der Waals surface area (Å²) in [6.45, 7) is 3.90. The van der Waals surface area contributed by atoms with Gasteiger partial charge in [0.1, 0.15) is 0 Å². The van der Waals surface area contributed by atoms with Gasteiger partial charge in [-0.3, -0.25) is 0 Å². The van der Waals surface area contributed by atoms with Crippen molar-refractivity contribution >= 4 is 20.0 Å². The largest absolute Gasteiger partial charge is 0.324 e. The van der Waals surface area contributed by atoms with Crippen LogP contribution >= 0.6 is 0 Å². The second-order valence-corrected chi connectivity index (χ2v) is 9.82. The predicted molar refractivity (Wildman–Crippen MR) is 93.6 cm³/mol. The van der Waals surface area contributed by atoms with Crippen LogP contribution in [0, 0.1) is 5.92 Å². The Morgan fingerprint density at radius 2 is 1.70 bits per heavy atom. The number of nitrogens with two attached hydrogens (primary N) is 1. The fraction of sp³-hybridized carbons (Fsp3) is 0.733. The minimum atomic E-state index is -4.07. The third-order valence-electron chi connectivity index (χ3n) is 3.83. The number of hydrogen-bond donors (Lipinski definition) is 2. The Morgan fingerprint density at radius 1 is 1.09 bits per heavy atom. The fourth-order valence-electron chi connectivity index (χ4n) is 2.32. The van der Waals surface area contributed by atoms with Crippen molar-refractivity contribution in [2.45, 2.75) is 58.4 Å². The van der Waals surface area contributed by atoms with Gasteiger partial charge in [-0.25, -0.2) is 16.8 Å². The van der Waals surface area contributed by atoms with Gasteiger partial charge < -0.3 is 5.73 Å². The Hall–Kier alpha value is -0.700. The number of hydrogen-bond acceptors (Lipinski definition) is 5. The van der Waals surface area contributed by atoms with Gasteiger partial charge >= 0.3 is 0 Å². The zero-order chi connectivity index (χ0) is 17.5. The highest BCUT2D eigenvalue weighted by molar-refractivity contribution is 8.06. The summed E-state index contributed by atoms with van der Waals surface area (Å²) >= 11 is 0. The van der Waals surface area contributed by atoms with E-state index in [-0.39, 0.29) is 22.6 Å². The van der Waals surface area contributed by atoms with Gasteiger partial charge in [-0.1, -0.05) is 58.1 Å². The van der Waals surface area contributed by atoms with Gasteiger partial charge in [-0.2, -0.15) is 0 Å². The van der Waals surface area contributed by atoms with Gasteiger partial charge in [-0.15, -0.1) is 4.13 Å². The monoisotopic (exact) mass is 364 g/mol. The molecule has 0 heterocycles. The summed E-state index contributed by atoms with van der Waals surface area (Å²) in [5.74, 6) is -0.336. The number of rotatable bonds is 10. The molecule has 1 aliphatic rings. The van der Waals surface area contributed by atoms with Crippen molar-refractivity contribution in [3.8, 4) is 0 Å². The molecule has 6 nitrogen and oxygen atoms in total. The molecule has 0 saturated carbocycles. The first kappa shape index (κ1) is 20.3. The molecule has 0 saturated heterocycles. The van der Waals surface area contributed by atoms with Crippen LogP contribution in [0.15, 0.2) is 23.1 Å².